The molecule has 1 aromatic rings. The van der Waals surface area contributed by atoms with Crippen LogP contribution in [0.15, 0.2) is 18.2 Å². The van der Waals surface area contributed by atoms with Crippen molar-refractivity contribution >= 4 is 17.6 Å². The Morgan fingerprint density at radius 3 is 2.46 bits per heavy atom. The molecular formula is C20H31NO5. The van der Waals surface area contributed by atoms with Gasteiger partial charge in [-0.1, -0.05) is 26.7 Å². The van der Waals surface area contributed by atoms with Crippen LogP contribution in [-0.4, -0.2) is 37.8 Å². The van der Waals surface area contributed by atoms with E-state index in [2.05, 4.69) is 12.2 Å². The molecule has 1 aromatic carbocycles. The molecule has 0 saturated carbocycles. The van der Waals surface area contributed by atoms with Crippen molar-refractivity contribution in [3.05, 3.63) is 23.8 Å². The Balaban J connectivity index is 3.03. The fourth-order valence-corrected chi connectivity index (χ4v) is 2.40. The third-order valence-electron chi connectivity index (χ3n) is 4.13. The van der Waals surface area contributed by atoms with E-state index >= 15 is 0 Å². The van der Waals surface area contributed by atoms with Gasteiger partial charge in [0.15, 0.2) is 0 Å². The van der Waals surface area contributed by atoms with Crippen LogP contribution in [0, 0.1) is 0 Å². The number of esters is 1. The normalized spacial score (nSPS) is 13.0. The first-order chi connectivity index (χ1) is 12.4. The summed E-state index contributed by atoms with van der Waals surface area (Å²) in [5.41, 5.74) is -0.121. The molecule has 0 aliphatic rings. The van der Waals surface area contributed by atoms with Crippen molar-refractivity contribution in [3.8, 4) is 5.75 Å². The van der Waals surface area contributed by atoms with Crippen LogP contribution >= 0.6 is 0 Å². The number of nitrogens with one attached hydrogen (secondary N) is 1. The molecule has 1 N–H and O–H groups in total. The van der Waals surface area contributed by atoms with Crippen molar-refractivity contribution in [2.75, 3.05) is 25.6 Å². The van der Waals surface area contributed by atoms with Gasteiger partial charge in [0.25, 0.3) is 5.91 Å². The lowest BCUT2D eigenvalue weighted by atomic mass is 9.97. The Morgan fingerprint density at radius 2 is 1.88 bits per heavy atom. The van der Waals surface area contributed by atoms with Crippen molar-refractivity contribution < 1.29 is 23.8 Å². The van der Waals surface area contributed by atoms with Gasteiger partial charge in [-0.25, -0.2) is 4.79 Å². The van der Waals surface area contributed by atoms with Crippen LogP contribution in [-0.2, 0) is 14.3 Å². The second kappa shape index (κ2) is 10.8. The number of hydrogen-bond acceptors (Lipinski definition) is 5. The Bertz CT molecular complexity index is 602. The standard InChI is InChI=1S/C20H31NO5/c1-6-9-12-20(4,24-5)19(23)21-15-10-11-17(26-13-7-2)16(14-15)18(22)25-8-3/h10-11,14H,6-9,12-13H2,1-5H3,(H,21,23)/t20-/m1/s1. The zero-order valence-corrected chi connectivity index (χ0v) is 16.5. The van der Waals surface area contributed by atoms with Gasteiger partial charge in [0, 0.05) is 12.8 Å². The largest absolute Gasteiger partial charge is 0.493 e. The average molecular weight is 365 g/mol. The van der Waals surface area contributed by atoms with E-state index in [0.717, 1.165) is 19.3 Å². The number of carbonyl (C=O) groups excluding carboxylic acids is 2. The third-order valence-corrected chi connectivity index (χ3v) is 4.13. The first kappa shape index (κ1) is 22.0. The lowest BCUT2D eigenvalue weighted by Gasteiger charge is -2.27. The van der Waals surface area contributed by atoms with Crippen LogP contribution in [0.5, 0.6) is 5.75 Å². The van der Waals surface area contributed by atoms with Gasteiger partial charge in [0.1, 0.15) is 16.9 Å². The number of ether oxygens (including phenoxy) is 3. The van der Waals surface area contributed by atoms with E-state index in [0.29, 0.717) is 30.0 Å². The summed E-state index contributed by atoms with van der Waals surface area (Å²) in [4.78, 5) is 24.9. The molecule has 6 heteroatoms. The van der Waals surface area contributed by atoms with Crippen molar-refractivity contribution in [2.45, 2.75) is 59.0 Å². The predicted octanol–water partition coefficient (Wildman–Crippen LogP) is 4.19. The highest BCUT2D eigenvalue weighted by Gasteiger charge is 2.32. The number of unbranched alkanes of at least 4 members (excludes halogenated alkanes) is 1. The number of anilines is 1. The molecule has 0 bridgehead atoms. The van der Waals surface area contributed by atoms with Crippen molar-refractivity contribution in [2.24, 2.45) is 0 Å². The molecule has 0 heterocycles. The predicted molar refractivity (Wildman–Crippen MR) is 102 cm³/mol. The maximum Gasteiger partial charge on any atom is 0.341 e. The maximum atomic E-state index is 12.7. The zero-order valence-electron chi connectivity index (χ0n) is 16.5. The first-order valence-electron chi connectivity index (χ1n) is 9.22. The summed E-state index contributed by atoms with van der Waals surface area (Å²) in [5.74, 6) is -0.274. The van der Waals surface area contributed by atoms with Crippen LogP contribution in [0.25, 0.3) is 0 Å². The van der Waals surface area contributed by atoms with Gasteiger partial charge >= 0.3 is 5.97 Å². The summed E-state index contributed by atoms with van der Waals surface area (Å²) in [7, 11) is 1.53. The molecule has 0 unspecified atom stereocenters. The van der Waals surface area contributed by atoms with Gasteiger partial charge in [-0.05, 0) is 44.9 Å². The number of amides is 1. The number of rotatable bonds is 11. The molecular weight excluding hydrogens is 334 g/mol. The van der Waals surface area contributed by atoms with Crippen LogP contribution < -0.4 is 10.1 Å². The summed E-state index contributed by atoms with van der Waals surface area (Å²) in [6.45, 7) is 8.32. The highest BCUT2D eigenvalue weighted by Crippen LogP contribution is 2.26. The van der Waals surface area contributed by atoms with Crippen LogP contribution in [0.1, 0.15) is 63.7 Å². The molecule has 1 rings (SSSR count). The first-order valence-corrected chi connectivity index (χ1v) is 9.22. The Labute approximate surface area is 156 Å². The molecule has 0 saturated heterocycles. The molecule has 6 nitrogen and oxygen atoms in total. The highest BCUT2D eigenvalue weighted by atomic mass is 16.5. The van der Waals surface area contributed by atoms with E-state index < -0.39 is 11.6 Å². The summed E-state index contributed by atoms with van der Waals surface area (Å²) in [5, 5.41) is 2.84. The number of carbonyl (C=O) groups is 2. The van der Waals surface area contributed by atoms with E-state index in [9.17, 15) is 9.59 Å². The Hall–Kier alpha value is -2.08. The summed E-state index contributed by atoms with van der Waals surface area (Å²) in [6.07, 6.45) is 3.30. The fourth-order valence-electron chi connectivity index (χ4n) is 2.40. The molecule has 1 atom stereocenters. The van der Waals surface area contributed by atoms with Gasteiger partial charge in [-0.2, -0.15) is 0 Å². The second-order valence-corrected chi connectivity index (χ2v) is 6.27. The Morgan fingerprint density at radius 1 is 1.15 bits per heavy atom. The SMILES string of the molecule is CCCC[C@@](C)(OC)C(=O)Nc1ccc(OCCC)c(C(=O)OCC)c1. The maximum absolute atomic E-state index is 12.7. The molecule has 0 spiro atoms. The lowest BCUT2D eigenvalue weighted by molar-refractivity contribution is -0.136. The number of methoxy groups -OCH3 is 1. The van der Waals surface area contributed by atoms with Crippen molar-refractivity contribution in [3.63, 3.8) is 0 Å². The van der Waals surface area contributed by atoms with Crippen LogP contribution in [0.4, 0.5) is 5.69 Å². The van der Waals surface area contributed by atoms with E-state index in [1.807, 2.05) is 6.92 Å². The van der Waals surface area contributed by atoms with Gasteiger partial charge in [0.2, 0.25) is 0 Å². The van der Waals surface area contributed by atoms with Gasteiger partial charge in [-0.3, -0.25) is 4.79 Å². The smallest absolute Gasteiger partial charge is 0.341 e. The zero-order chi connectivity index (χ0) is 19.6. The van der Waals surface area contributed by atoms with E-state index in [1.54, 1.807) is 32.0 Å². The van der Waals surface area contributed by atoms with Gasteiger partial charge in [-0.15, -0.1) is 0 Å². The topological polar surface area (TPSA) is 73.9 Å². The second-order valence-electron chi connectivity index (χ2n) is 6.27. The minimum Gasteiger partial charge on any atom is -0.493 e. The summed E-state index contributed by atoms with van der Waals surface area (Å²) >= 11 is 0. The quantitative estimate of drug-likeness (QED) is 0.595. The molecule has 0 aliphatic heterocycles. The van der Waals surface area contributed by atoms with Crippen molar-refractivity contribution in [1.82, 2.24) is 0 Å². The van der Waals surface area contributed by atoms with Gasteiger partial charge < -0.3 is 19.5 Å². The molecule has 0 aromatic heterocycles. The lowest BCUT2D eigenvalue weighted by Crippen LogP contribution is -2.41. The molecule has 26 heavy (non-hydrogen) atoms. The monoisotopic (exact) mass is 365 g/mol. The minimum atomic E-state index is -0.919. The fraction of sp³-hybridized carbons (Fsp3) is 0.600. The highest BCUT2D eigenvalue weighted by molar-refractivity contribution is 5.99. The number of hydrogen-bond donors (Lipinski definition) is 1. The van der Waals surface area contributed by atoms with E-state index in [4.69, 9.17) is 14.2 Å². The molecule has 0 aliphatic carbocycles. The van der Waals surface area contributed by atoms with E-state index in [1.165, 1.54) is 7.11 Å². The van der Waals surface area contributed by atoms with Crippen LogP contribution in [0.2, 0.25) is 0 Å². The molecule has 1 amide bonds. The number of benzene rings is 1. The van der Waals surface area contributed by atoms with Gasteiger partial charge in [0.05, 0.1) is 13.2 Å². The summed E-state index contributed by atoms with van der Waals surface area (Å²) < 4.78 is 16.1. The molecule has 0 radical (unpaired) electrons. The molecule has 0 fully saturated rings. The Kier molecular flexibility index (Phi) is 9.13. The minimum absolute atomic E-state index is 0.245. The third kappa shape index (κ3) is 6.02. The molecule has 146 valence electrons. The van der Waals surface area contributed by atoms with Crippen LogP contribution in [0.3, 0.4) is 0 Å². The average Bonchev–Trinajstić information content (AvgIpc) is 2.65. The summed E-state index contributed by atoms with van der Waals surface area (Å²) in [6, 6.07) is 4.96. The van der Waals surface area contributed by atoms with Crippen molar-refractivity contribution in [1.29, 1.82) is 0 Å². The van der Waals surface area contributed by atoms with E-state index in [-0.39, 0.29) is 12.5 Å².